The predicted molar refractivity (Wildman–Crippen MR) is 147 cm³/mol. The van der Waals surface area contributed by atoms with Gasteiger partial charge in [0.05, 0.1) is 25.9 Å². The molecule has 0 spiro atoms. The van der Waals surface area contributed by atoms with Gasteiger partial charge in [-0.3, -0.25) is 32.5 Å². The topological polar surface area (TPSA) is 309 Å². The van der Waals surface area contributed by atoms with Crippen molar-refractivity contribution in [2.75, 3.05) is 31.0 Å². The van der Waals surface area contributed by atoms with E-state index in [-0.39, 0.29) is 34.1 Å². The van der Waals surface area contributed by atoms with Gasteiger partial charge in [0.15, 0.2) is 41.3 Å². The molecule has 0 saturated carbocycles. The second-order valence-electron chi connectivity index (χ2n) is 10.5. The van der Waals surface area contributed by atoms with Crippen molar-refractivity contribution in [3.63, 3.8) is 0 Å². The third-order valence-corrected chi connectivity index (χ3v) is 9.50. The maximum absolute atomic E-state index is 15.8. The van der Waals surface area contributed by atoms with E-state index >= 15 is 4.39 Å². The minimum Gasteiger partial charge on any atom is -0.386 e. The van der Waals surface area contributed by atoms with Crippen molar-refractivity contribution < 1.29 is 56.2 Å². The second kappa shape index (κ2) is 11.3. The molecular formula is C21H25FN10O12P2. The van der Waals surface area contributed by atoms with Gasteiger partial charge in [-0.1, -0.05) is 0 Å². The molecule has 3 aliphatic heterocycles. The van der Waals surface area contributed by atoms with Gasteiger partial charge in [-0.25, -0.2) is 28.9 Å². The number of nitrogens with zero attached hydrogens (tertiary/aromatic N) is 7. The zero-order valence-electron chi connectivity index (χ0n) is 23.0. The van der Waals surface area contributed by atoms with E-state index in [4.69, 9.17) is 39.2 Å². The van der Waals surface area contributed by atoms with Crippen LogP contribution in [-0.4, -0.2) is 110 Å². The van der Waals surface area contributed by atoms with E-state index in [1.54, 1.807) is 0 Å². The number of H-pyrrole nitrogens is 1. The average molecular weight is 690 g/mol. The van der Waals surface area contributed by atoms with Crippen molar-refractivity contribution in [2.45, 2.75) is 49.1 Å². The Kier molecular flexibility index (Phi) is 7.68. The number of phosphoric ester groups is 1. The van der Waals surface area contributed by atoms with Gasteiger partial charge in [0.25, 0.3) is 5.56 Å². The molecule has 0 radical (unpaired) electrons. The first-order valence-corrected chi connectivity index (χ1v) is 16.6. The Labute approximate surface area is 254 Å². The lowest BCUT2D eigenvalue weighted by Crippen LogP contribution is -2.37. The van der Waals surface area contributed by atoms with Crippen LogP contribution in [0.2, 0.25) is 0 Å². The molecule has 46 heavy (non-hydrogen) atoms. The van der Waals surface area contributed by atoms with Crippen molar-refractivity contribution in [3.05, 3.63) is 29.3 Å². The Balaban J connectivity index is 1.20. The van der Waals surface area contributed by atoms with Crippen LogP contribution in [0, 0.1) is 0 Å². The normalized spacial score (nSPS) is 37.4. The Morgan fingerprint density at radius 2 is 1.63 bits per heavy atom. The third kappa shape index (κ3) is 5.48. The summed E-state index contributed by atoms with van der Waals surface area (Å²) in [6.07, 6.45) is -10.7. The minimum atomic E-state index is -5.17. The lowest BCUT2D eigenvalue weighted by atomic mass is 10.1. The molecule has 4 aromatic heterocycles. The summed E-state index contributed by atoms with van der Waals surface area (Å²) in [5.74, 6) is -0.267. The maximum atomic E-state index is 15.8. The molecule has 4 aromatic rings. The van der Waals surface area contributed by atoms with Gasteiger partial charge in [0.2, 0.25) is 5.95 Å². The molecule has 0 amide bonds. The van der Waals surface area contributed by atoms with Gasteiger partial charge in [-0.2, -0.15) is 4.98 Å². The number of anilines is 2. The molecule has 25 heteroatoms. The summed E-state index contributed by atoms with van der Waals surface area (Å²) in [6, 6.07) is 0. The van der Waals surface area contributed by atoms with Crippen LogP contribution < -0.4 is 17.0 Å². The number of phosphoric acid groups is 1. The number of ether oxygens (including phenoxy) is 3. The highest BCUT2D eigenvalue weighted by molar-refractivity contribution is 7.52. The number of hydrogen-bond acceptors (Lipinski definition) is 17. The lowest BCUT2D eigenvalue weighted by molar-refractivity contribution is -0.0624. The number of fused-ring (bicyclic) bond motifs is 5. The van der Waals surface area contributed by atoms with Gasteiger partial charge in [-0.15, -0.1) is 0 Å². The number of aliphatic hydroxyl groups is 1. The molecular weight excluding hydrogens is 665 g/mol. The molecule has 2 bridgehead atoms. The molecule has 0 aliphatic carbocycles. The number of aliphatic hydroxyl groups excluding tert-OH is 1. The van der Waals surface area contributed by atoms with Gasteiger partial charge < -0.3 is 45.1 Å². The monoisotopic (exact) mass is 690 g/mol. The fourth-order valence-corrected chi connectivity index (χ4v) is 7.14. The first-order valence-electron chi connectivity index (χ1n) is 13.3. The van der Waals surface area contributed by atoms with Gasteiger partial charge in [0, 0.05) is 0 Å². The van der Waals surface area contributed by atoms with Crippen molar-refractivity contribution in [1.29, 1.82) is 0 Å². The number of rotatable bonds is 2. The minimum absolute atomic E-state index is 0.0451. The number of aromatic nitrogens is 8. The van der Waals surface area contributed by atoms with E-state index < -0.39 is 89.7 Å². The van der Waals surface area contributed by atoms with Crippen LogP contribution in [0.3, 0.4) is 0 Å². The maximum Gasteiger partial charge on any atom is 0.472 e. The number of nitrogen functional groups attached to an aromatic ring is 2. The molecule has 248 valence electrons. The van der Waals surface area contributed by atoms with E-state index in [1.807, 2.05) is 0 Å². The largest absolute Gasteiger partial charge is 0.472 e. The van der Waals surface area contributed by atoms with Crippen molar-refractivity contribution >= 4 is 49.5 Å². The van der Waals surface area contributed by atoms with Crippen LogP contribution in [-0.2, 0) is 36.9 Å². The van der Waals surface area contributed by atoms with Crippen molar-refractivity contribution in [2.24, 2.45) is 0 Å². The highest BCUT2D eigenvalue weighted by Gasteiger charge is 2.53. The smallest absolute Gasteiger partial charge is 0.386 e. The van der Waals surface area contributed by atoms with Gasteiger partial charge >= 0.3 is 15.4 Å². The van der Waals surface area contributed by atoms with Crippen LogP contribution in [0.25, 0.3) is 22.3 Å². The number of halogens is 1. The Hall–Kier alpha value is -3.47. The Morgan fingerprint density at radius 3 is 2.41 bits per heavy atom. The fourth-order valence-electron chi connectivity index (χ4n) is 5.40. The Morgan fingerprint density at radius 1 is 0.935 bits per heavy atom. The second-order valence-corrected chi connectivity index (χ2v) is 13.6. The highest BCUT2D eigenvalue weighted by Crippen LogP contribution is 2.52. The average Bonchev–Trinajstić information content (AvgIpc) is 3.75. The summed E-state index contributed by atoms with van der Waals surface area (Å²) in [4.78, 5) is 55.7. The van der Waals surface area contributed by atoms with E-state index in [1.165, 1.54) is 10.9 Å². The predicted octanol–water partition coefficient (Wildman–Crippen LogP) is -1.32. The number of nitrogens with one attached hydrogen (secondary N) is 1. The van der Waals surface area contributed by atoms with E-state index in [0.29, 0.717) is 0 Å². The fraction of sp³-hybridized carbons (Fsp3) is 0.524. The van der Waals surface area contributed by atoms with Crippen LogP contribution in [0.15, 0.2) is 23.8 Å². The third-order valence-electron chi connectivity index (χ3n) is 7.49. The molecule has 10 atom stereocenters. The summed E-state index contributed by atoms with van der Waals surface area (Å²) in [6.45, 7) is -1.65. The SMILES string of the molecule is Nc1nc2c(ncn2[C@@H]2O[C@@H]3COP(=O)(O)CO[C@H]4[C@@H](O)[C@H](n5cnc6c(N)ncnc65)O[C@@H]4COP(=O)(O)O[C@@H]2[C@@H]3F)c(=O)[nH]1. The standard InChI is InChI=1S/C21H25FN10O12P2/c22-9-7-1-40-45(35,36)6-39-13-8(43-19(12(13)33)31-4-27-10-15(23)25-3-26-16(10)31)2-41-46(37,38)44-14(9)20(42-7)32-5-28-11-17(32)29-21(24)30-18(11)34/h3-5,7-9,12-14,19-20,33H,1-2,6H2,(H,35,36)(H,37,38)(H2,23,25,26)(H3,24,29,30,34)/t7-,8-,9-,12-,13-,14-,19-,20-/m1/s1. The van der Waals surface area contributed by atoms with Crippen molar-refractivity contribution in [1.82, 2.24) is 39.0 Å². The molecule has 3 aliphatic rings. The van der Waals surface area contributed by atoms with E-state index in [2.05, 4.69) is 29.9 Å². The van der Waals surface area contributed by atoms with Gasteiger partial charge in [0.1, 0.15) is 48.7 Å². The first-order chi connectivity index (χ1) is 21.8. The molecule has 7 heterocycles. The zero-order chi connectivity index (χ0) is 32.5. The van der Waals surface area contributed by atoms with E-state index in [9.17, 15) is 28.8 Å². The number of nitrogens with two attached hydrogens (primary N) is 2. The molecule has 7 rings (SSSR count). The van der Waals surface area contributed by atoms with Crippen LogP contribution >= 0.6 is 15.4 Å². The molecule has 8 N–H and O–H groups in total. The molecule has 2 unspecified atom stereocenters. The molecule has 0 aromatic carbocycles. The summed E-state index contributed by atoms with van der Waals surface area (Å²) in [7, 11) is -9.82. The summed E-state index contributed by atoms with van der Waals surface area (Å²) >= 11 is 0. The van der Waals surface area contributed by atoms with Crippen LogP contribution in [0.5, 0.6) is 0 Å². The lowest BCUT2D eigenvalue weighted by Gasteiger charge is -2.25. The number of alkyl halides is 1. The number of hydrogen-bond donors (Lipinski definition) is 6. The summed E-state index contributed by atoms with van der Waals surface area (Å²) in [5.41, 5.74) is 10.7. The van der Waals surface area contributed by atoms with Crippen LogP contribution in [0.4, 0.5) is 16.2 Å². The summed E-state index contributed by atoms with van der Waals surface area (Å²) in [5, 5.41) is 11.2. The van der Waals surface area contributed by atoms with Crippen LogP contribution in [0.1, 0.15) is 12.5 Å². The number of aromatic amines is 1. The van der Waals surface area contributed by atoms with Crippen molar-refractivity contribution in [3.8, 4) is 0 Å². The zero-order valence-corrected chi connectivity index (χ0v) is 24.8. The highest BCUT2D eigenvalue weighted by atomic mass is 31.2. The molecule has 3 saturated heterocycles. The molecule has 3 fully saturated rings. The molecule has 22 nitrogen and oxygen atoms in total. The quantitative estimate of drug-likeness (QED) is 0.133. The first kappa shape index (κ1) is 31.1. The Bertz CT molecular complexity index is 1960. The van der Waals surface area contributed by atoms with Gasteiger partial charge in [-0.05, 0) is 0 Å². The van der Waals surface area contributed by atoms with E-state index in [0.717, 1.165) is 17.2 Å². The summed E-state index contributed by atoms with van der Waals surface area (Å²) < 4.78 is 76.8. The number of imidazole rings is 2.